The third-order valence-electron chi connectivity index (χ3n) is 11.1. The zero-order valence-corrected chi connectivity index (χ0v) is 20.9. The molecule has 0 aromatic rings. The first-order valence-corrected chi connectivity index (χ1v) is 13.3. The topological polar surface area (TPSA) is 101 Å². The lowest BCUT2D eigenvalue weighted by molar-refractivity contribution is -0.310. The van der Waals surface area contributed by atoms with E-state index in [2.05, 4.69) is 27.7 Å². The van der Waals surface area contributed by atoms with Crippen LogP contribution in [0.1, 0.15) is 92.4 Å². The Morgan fingerprint density at radius 3 is 2.22 bits per heavy atom. The van der Waals surface area contributed by atoms with Crippen molar-refractivity contribution in [1.82, 2.24) is 0 Å². The van der Waals surface area contributed by atoms with E-state index in [4.69, 9.17) is 0 Å². The Hall–Kier alpha value is -0.200. The van der Waals surface area contributed by atoms with Gasteiger partial charge in [-0.2, -0.15) is 0 Å². The van der Waals surface area contributed by atoms with Crippen LogP contribution in [0.15, 0.2) is 0 Å². The van der Waals surface area contributed by atoms with Crippen LogP contribution >= 0.6 is 0 Å². The summed E-state index contributed by atoms with van der Waals surface area (Å²) in [6, 6.07) is 0. The predicted molar refractivity (Wildman–Crippen MR) is 125 cm³/mol. The molecule has 186 valence electrons. The molecule has 12 atom stereocenters. The fraction of sp³-hybridized carbons (Fsp3) is 1.00. The maximum absolute atomic E-state index is 11.6. The van der Waals surface area contributed by atoms with Crippen molar-refractivity contribution in [2.45, 2.75) is 122 Å². The molecule has 0 aliphatic heterocycles. The van der Waals surface area contributed by atoms with Crippen molar-refractivity contribution >= 4 is 0 Å². The average molecular weight is 453 g/mol. The van der Waals surface area contributed by atoms with Crippen molar-refractivity contribution in [2.24, 2.45) is 46.3 Å². The Kier molecular flexibility index (Phi) is 6.60. The van der Waals surface area contributed by atoms with Crippen molar-refractivity contribution in [3.63, 3.8) is 0 Å². The Balaban J connectivity index is 1.61. The monoisotopic (exact) mass is 452 g/mol. The summed E-state index contributed by atoms with van der Waals surface area (Å²) >= 11 is 0. The van der Waals surface area contributed by atoms with E-state index >= 15 is 0 Å². The molecule has 32 heavy (non-hydrogen) atoms. The number of hydrogen-bond donors (Lipinski definition) is 5. The van der Waals surface area contributed by atoms with E-state index in [1.54, 1.807) is 0 Å². The Labute approximate surface area is 194 Å². The van der Waals surface area contributed by atoms with Crippen LogP contribution in [0, 0.1) is 46.3 Å². The molecule has 5 nitrogen and oxygen atoms in total. The van der Waals surface area contributed by atoms with E-state index in [0.717, 1.165) is 18.8 Å². The first-order chi connectivity index (χ1) is 14.9. The van der Waals surface area contributed by atoms with Gasteiger partial charge in [-0.05, 0) is 73.0 Å². The van der Waals surface area contributed by atoms with E-state index in [9.17, 15) is 25.5 Å². The van der Waals surface area contributed by atoms with E-state index in [0.29, 0.717) is 30.6 Å². The van der Waals surface area contributed by atoms with Gasteiger partial charge in [0, 0.05) is 11.8 Å². The van der Waals surface area contributed by atoms with Gasteiger partial charge in [0.25, 0.3) is 0 Å². The minimum atomic E-state index is -1.57. The lowest BCUT2D eigenvalue weighted by Crippen LogP contribution is -2.74. The number of hydrogen-bond acceptors (Lipinski definition) is 5. The van der Waals surface area contributed by atoms with Crippen LogP contribution in [0.3, 0.4) is 0 Å². The predicted octanol–water partition coefficient (Wildman–Crippen LogP) is 3.50. The largest absolute Gasteiger partial charge is 0.393 e. The molecule has 0 amide bonds. The Bertz CT molecular complexity index is 683. The summed E-state index contributed by atoms with van der Waals surface area (Å²) in [6.45, 7) is 11.2. The number of aliphatic hydroxyl groups excluding tert-OH is 4. The highest BCUT2D eigenvalue weighted by Gasteiger charge is 2.72. The summed E-state index contributed by atoms with van der Waals surface area (Å²) in [7, 11) is 0. The third-order valence-corrected chi connectivity index (χ3v) is 11.1. The highest BCUT2D eigenvalue weighted by atomic mass is 16.4. The van der Waals surface area contributed by atoms with Gasteiger partial charge in [-0.1, -0.05) is 53.9 Å². The van der Waals surface area contributed by atoms with Gasteiger partial charge in [-0.25, -0.2) is 0 Å². The van der Waals surface area contributed by atoms with Crippen LogP contribution in [0.25, 0.3) is 0 Å². The second-order valence-electron chi connectivity index (χ2n) is 13.1. The Morgan fingerprint density at radius 2 is 1.56 bits per heavy atom. The SMILES string of the molecule is CC(C)CCCC(C)C1CCC2C3CC(O)C4(O)CC(O)CC(O)C4(C)C3C(O)CC12C. The maximum atomic E-state index is 11.6. The van der Waals surface area contributed by atoms with Crippen molar-refractivity contribution in [3.05, 3.63) is 0 Å². The molecule has 0 heterocycles. The number of rotatable bonds is 5. The fourth-order valence-electron chi connectivity index (χ4n) is 9.46. The van der Waals surface area contributed by atoms with E-state index in [1.165, 1.54) is 19.3 Å². The lowest BCUT2D eigenvalue weighted by Gasteiger charge is -2.67. The first-order valence-electron chi connectivity index (χ1n) is 13.3. The molecule has 0 aromatic carbocycles. The standard InChI is InChI=1S/C27H48O5/c1-15(2)7-6-8-16(3)19-9-10-20-18-12-23(31)27(32)13-17(28)11-22(30)26(27,5)24(18)21(29)14-25(19,20)4/h15-24,28-32H,6-14H2,1-5H3. The highest BCUT2D eigenvalue weighted by Crippen LogP contribution is 2.69. The van der Waals surface area contributed by atoms with Gasteiger partial charge in [0.2, 0.25) is 0 Å². The molecule has 5 N–H and O–H groups in total. The molecule has 4 rings (SSSR count). The molecule has 0 bridgehead atoms. The minimum Gasteiger partial charge on any atom is -0.393 e. The van der Waals surface area contributed by atoms with Gasteiger partial charge in [0.1, 0.15) is 5.60 Å². The van der Waals surface area contributed by atoms with Gasteiger partial charge in [0.15, 0.2) is 0 Å². The summed E-state index contributed by atoms with van der Waals surface area (Å²) in [4.78, 5) is 0. The molecule has 4 aliphatic carbocycles. The summed E-state index contributed by atoms with van der Waals surface area (Å²) in [5.74, 6) is 2.13. The molecule has 4 saturated carbocycles. The summed E-state index contributed by atoms with van der Waals surface area (Å²) < 4.78 is 0. The summed E-state index contributed by atoms with van der Waals surface area (Å²) in [5.41, 5.74) is -2.55. The molecular weight excluding hydrogens is 404 g/mol. The second kappa shape index (κ2) is 8.48. The van der Waals surface area contributed by atoms with Gasteiger partial charge >= 0.3 is 0 Å². The van der Waals surface area contributed by atoms with E-state index in [-0.39, 0.29) is 30.1 Å². The van der Waals surface area contributed by atoms with Crippen LogP contribution in [-0.4, -0.2) is 55.5 Å². The quantitative estimate of drug-likeness (QED) is 0.440. The zero-order valence-electron chi connectivity index (χ0n) is 20.9. The van der Waals surface area contributed by atoms with Gasteiger partial charge in [-0.15, -0.1) is 0 Å². The molecule has 0 radical (unpaired) electrons. The molecule has 0 spiro atoms. The summed E-state index contributed by atoms with van der Waals surface area (Å²) in [6.07, 6.45) is 4.04. The van der Waals surface area contributed by atoms with Crippen molar-refractivity contribution in [2.75, 3.05) is 0 Å². The molecular formula is C27H48O5. The summed E-state index contributed by atoms with van der Waals surface area (Å²) in [5, 5.41) is 55.8. The van der Waals surface area contributed by atoms with Crippen LogP contribution in [-0.2, 0) is 0 Å². The van der Waals surface area contributed by atoms with E-state index in [1.807, 2.05) is 6.92 Å². The number of fused-ring (bicyclic) bond motifs is 5. The van der Waals surface area contributed by atoms with Gasteiger partial charge < -0.3 is 25.5 Å². The molecule has 5 heteroatoms. The average Bonchev–Trinajstić information content (AvgIpc) is 3.01. The second-order valence-corrected chi connectivity index (χ2v) is 13.1. The van der Waals surface area contributed by atoms with Crippen LogP contribution in [0.4, 0.5) is 0 Å². The van der Waals surface area contributed by atoms with Crippen molar-refractivity contribution in [1.29, 1.82) is 0 Å². The molecule has 12 unspecified atom stereocenters. The first kappa shape index (κ1) is 24.9. The Morgan fingerprint density at radius 1 is 0.875 bits per heavy atom. The van der Waals surface area contributed by atoms with Gasteiger partial charge in [-0.3, -0.25) is 0 Å². The van der Waals surface area contributed by atoms with Crippen molar-refractivity contribution < 1.29 is 25.5 Å². The maximum Gasteiger partial charge on any atom is 0.101 e. The van der Waals surface area contributed by atoms with Crippen molar-refractivity contribution in [3.8, 4) is 0 Å². The normalized spacial score (nSPS) is 54.1. The zero-order chi connectivity index (χ0) is 23.6. The van der Waals surface area contributed by atoms with Crippen LogP contribution in [0.2, 0.25) is 0 Å². The molecule has 0 saturated heterocycles. The molecule has 4 aliphatic rings. The lowest BCUT2D eigenvalue weighted by atomic mass is 9.41. The molecule has 0 aromatic heterocycles. The van der Waals surface area contributed by atoms with Crippen LogP contribution < -0.4 is 0 Å². The fourth-order valence-corrected chi connectivity index (χ4v) is 9.46. The van der Waals surface area contributed by atoms with Crippen LogP contribution in [0.5, 0.6) is 0 Å². The minimum absolute atomic E-state index is 0.0303. The third kappa shape index (κ3) is 3.52. The van der Waals surface area contributed by atoms with E-state index < -0.39 is 35.4 Å². The molecule has 4 fully saturated rings. The van der Waals surface area contributed by atoms with Gasteiger partial charge in [0.05, 0.1) is 24.4 Å². The number of aliphatic hydroxyl groups is 5. The smallest absolute Gasteiger partial charge is 0.101 e. The highest BCUT2D eigenvalue weighted by molar-refractivity contribution is 5.21.